The van der Waals surface area contributed by atoms with E-state index >= 15 is 0 Å². The summed E-state index contributed by atoms with van der Waals surface area (Å²) in [6.07, 6.45) is 6.99. The van der Waals surface area contributed by atoms with Crippen LogP contribution >= 0.6 is 11.6 Å². The zero-order valence-electron chi connectivity index (χ0n) is 16.4. The molecule has 1 aliphatic rings. The molecule has 0 unspecified atom stereocenters. The quantitative estimate of drug-likeness (QED) is 0.567. The first kappa shape index (κ1) is 21.2. The van der Waals surface area contributed by atoms with Crippen molar-refractivity contribution >= 4 is 29.2 Å². The lowest BCUT2D eigenvalue weighted by Gasteiger charge is -2.23. The van der Waals surface area contributed by atoms with Crippen molar-refractivity contribution < 1.29 is 14.7 Å². The van der Waals surface area contributed by atoms with Crippen LogP contribution in [0, 0.1) is 5.92 Å². The Kier molecular flexibility index (Phi) is 7.53. The summed E-state index contributed by atoms with van der Waals surface area (Å²) in [5, 5.41) is 15.9. The Bertz CT molecular complexity index is 846. The molecule has 29 heavy (non-hydrogen) atoms. The fourth-order valence-corrected chi connectivity index (χ4v) is 3.91. The smallest absolute Gasteiger partial charge is 0.335 e. The van der Waals surface area contributed by atoms with Gasteiger partial charge in [-0.25, -0.2) is 4.79 Å². The lowest BCUT2D eigenvalue weighted by molar-refractivity contribution is 0.0696. The van der Waals surface area contributed by atoms with Crippen LogP contribution < -0.4 is 10.6 Å². The van der Waals surface area contributed by atoms with Crippen LogP contribution in [0.1, 0.15) is 58.4 Å². The van der Waals surface area contributed by atoms with Crippen molar-refractivity contribution in [3.05, 3.63) is 64.2 Å². The average molecular weight is 415 g/mol. The standard InChI is InChI=1S/C23H27ClN2O3/c24-19-10-11-21(26-15-17-4-2-1-3-5-17)20(14-19)22(27)25-13-12-16-6-8-18(9-7-16)23(28)29/h6-11,14,17,26H,1-5,12-13,15H2,(H,25,27)(H,28,29). The number of nitrogens with one attached hydrogen (secondary N) is 2. The fourth-order valence-electron chi connectivity index (χ4n) is 3.73. The third-order valence-electron chi connectivity index (χ3n) is 5.43. The molecule has 0 atom stereocenters. The van der Waals surface area contributed by atoms with Gasteiger partial charge < -0.3 is 15.7 Å². The molecule has 3 rings (SSSR count). The van der Waals surface area contributed by atoms with E-state index in [-0.39, 0.29) is 11.5 Å². The summed E-state index contributed by atoms with van der Waals surface area (Å²) < 4.78 is 0. The average Bonchev–Trinajstić information content (AvgIpc) is 2.74. The maximum atomic E-state index is 12.7. The zero-order chi connectivity index (χ0) is 20.6. The van der Waals surface area contributed by atoms with E-state index in [4.69, 9.17) is 16.7 Å². The lowest BCUT2D eigenvalue weighted by atomic mass is 9.89. The molecule has 154 valence electrons. The van der Waals surface area contributed by atoms with Crippen molar-refractivity contribution in [2.75, 3.05) is 18.4 Å². The van der Waals surface area contributed by atoms with Gasteiger partial charge in [0.15, 0.2) is 0 Å². The van der Waals surface area contributed by atoms with Crippen LogP contribution in [-0.2, 0) is 6.42 Å². The molecule has 0 aromatic heterocycles. The van der Waals surface area contributed by atoms with Crippen LogP contribution in [0.3, 0.4) is 0 Å². The van der Waals surface area contributed by atoms with Crippen LogP contribution in [0.4, 0.5) is 5.69 Å². The summed E-state index contributed by atoms with van der Waals surface area (Å²) in [7, 11) is 0. The van der Waals surface area contributed by atoms with Crippen molar-refractivity contribution in [1.82, 2.24) is 5.32 Å². The Labute approximate surface area is 176 Å². The third kappa shape index (κ3) is 6.23. The zero-order valence-corrected chi connectivity index (χ0v) is 17.2. The van der Waals surface area contributed by atoms with Crippen LogP contribution in [-0.4, -0.2) is 30.1 Å². The summed E-state index contributed by atoms with van der Waals surface area (Å²) in [6.45, 7) is 1.33. The van der Waals surface area contributed by atoms with Crippen LogP contribution in [0.25, 0.3) is 0 Å². The van der Waals surface area contributed by atoms with Gasteiger partial charge in [-0.3, -0.25) is 4.79 Å². The summed E-state index contributed by atoms with van der Waals surface area (Å²) in [5.74, 6) is -0.455. The number of carbonyl (C=O) groups is 2. The molecule has 6 heteroatoms. The van der Waals surface area contributed by atoms with Crippen LogP contribution in [0.15, 0.2) is 42.5 Å². The Balaban J connectivity index is 1.56. The third-order valence-corrected chi connectivity index (χ3v) is 5.67. The first-order valence-corrected chi connectivity index (χ1v) is 10.5. The number of halogens is 1. The Morgan fingerprint density at radius 2 is 1.76 bits per heavy atom. The minimum Gasteiger partial charge on any atom is -0.478 e. The fraction of sp³-hybridized carbons (Fsp3) is 0.391. The number of hydrogen-bond donors (Lipinski definition) is 3. The maximum absolute atomic E-state index is 12.7. The SMILES string of the molecule is O=C(O)c1ccc(CCNC(=O)c2cc(Cl)ccc2NCC2CCCCC2)cc1. The molecule has 0 bridgehead atoms. The molecule has 2 aromatic rings. The van der Waals surface area contributed by atoms with Crippen LogP contribution in [0.2, 0.25) is 5.02 Å². The highest BCUT2D eigenvalue weighted by Gasteiger charge is 2.16. The molecule has 0 heterocycles. The molecule has 0 aliphatic heterocycles. The highest BCUT2D eigenvalue weighted by atomic mass is 35.5. The first-order valence-electron chi connectivity index (χ1n) is 10.2. The largest absolute Gasteiger partial charge is 0.478 e. The molecule has 5 nitrogen and oxygen atoms in total. The summed E-state index contributed by atoms with van der Waals surface area (Å²) in [5.41, 5.74) is 2.58. The predicted octanol–water partition coefficient (Wildman–Crippen LogP) is 5.00. The summed E-state index contributed by atoms with van der Waals surface area (Å²) >= 11 is 6.12. The van der Waals surface area contributed by atoms with Gasteiger partial charge in [-0.15, -0.1) is 0 Å². The number of anilines is 1. The van der Waals surface area contributed by atoms with E-state index in [2.05, 4.69) is 10.6 Å². The topological polar surface area (TPSA) is 78.4 Å². The number of amides is 1. The lowest BCUT2D eigenvalue weighted by Crippen LogP contribution is -2.27. The van der Waals surface area contributed by atoms with Gasteiger partial charge in [0.25, 0.3) is 5.91 Å². The molecule has 0 radical (unpaired) electrons. The van der Waals surface area contributed by atoms with E-state index in [0.717, 1.165) is 17.8 Å². The van der Waals surface area contributed by atoms with E-state index < -0.39 is 5.97 Å². The minimum atomic E-state index is -0.945. The molecule has 3 N–H and O–H groups in total. The van der Waals surface area contributed by atoms with Gasteiger partial charge in [0.2, 0.25) is 0 Å². The van der Waals surface area contributed by atoms with Gasteiger partial charge in [0, 0.05) is 23.8 Å². The number of carboxylic acids is 1. The Morgan fingerprint density at radius 1 is 1.03 bits per heavy atom. The van der Waals surface area contributed by atoms with Crippen molar-refractivity contribution in [2.24, 2.45) is 5.92 Å². The minimum absolute atomic E-state index is 0.166. The Hall–Kier alpha value is -2.53. The highest BCUT2D eigenvalue weighted by molar-refractivity contribution is 6.31. The number of rotatable bonds is 8. The number of benzene rings is 2. The number of aromatic carboxylic acids is 1. The van der Waals surface area contributed by atoms with Gasteiger partial charge in [0.1, 0.15) is 0 Å². The molecule has 1 amide bonds. The monoisotopic (exact) mass is 414 g/mol. The normalized spacial score (nSPS) is 14.4. The second-order valence-corrected chi connectivity index (χ2v) is 8.02. The first-order chi connectivity index (χ1) is 14.0. The molecule has 2 aromatic carbocycles. The second-order valence-electron chi connectivity index (χ2n) is 7.58. The predicted molar refractivity (Wildman–Crippen MR) is 116 cm³/mol. The van der Waals surface area contributed by atoms with Gasteiger partial charge >= 0.3 is 5.97 Å². The summed E-state index contributed by atoms with van der Waals surface area (Å²) in [4.78, 5) is 23.6. The van der Waals surface area contributed by atoms with E-state index in [1.165, 1.54) is 32.1 Å². The molecule has 1 fully saturated rings. The van der Waals surface area contributed by atoms with E-state index in [1.54, 1.807) is 36.4 Å². The molecular weight excluding hydrogens is 388 g/mol. The Morgan fingerprint density at radius 3 is 2.45 bits per heavy atom. The number of carboxylic acid groups (broad SMARTS) is 1. The highest BCUT2D eigenvalue weighted by Crippen LogP contribution is 2.26. The number of hydrogen-bond acceptors (Lipinski definition) is 3. The molecule has 1 saturated carbocycles. The van der Waals surface area contributed by atoms with Crippen LogP contribution in [0.5, 0.6) is 0 Å². The molecular formula is C23H27ClN2O3. The van der Waals surface area contributed by atoms with E-state index in [1.807, 2.05) is 6.07 Å². The van der Waals surface area contributed by atoms with Crippen molar-refractivity contribution in [1.29, 1.82) is 0 Å². The van der Waals surface area contributed by atoms with E-state index in [9.17, 15) is 9.59 Å². The molecule has 1 aliphatic carbocycles. The molecule has 0 spiro atoms. The van der Waals surface area contributed by atoms with Gasteiger partial charge in [-0.1, -0.05) is 43.0 Å². The summed E-state index contributed by atoms with van der Waals surface area (Å²) in [6, 6.07) is 12.0. The van der Waals surface area contributed by atoms with Crippen molar-refractivity contribution in [3.8, 4) is 0 Å². The molecule has 0 saturated heterocycles. The number of carbonyl (C=O) groups excluding carboxylic acids is 1. The van der Waals surface area contributed by atoms with Gasteiger partial charge in [0.05, 0.1) is 11.1 Å². The maximum Gasteiger partial charge on any atom is 0.335 e. The van der Waals surface area contributed by atoms with Gasteiger partial charge in [-0.05, 0) is 61.1 Å². The second kappa shape index (κ2) is 10.3. The van der Waals surface area contributed by atoms with E-state index in [0.29, 0.717) is 29.5 Å². The van der Waals surface area contributed by atoms with Crippen molar-refractivity contribution in [3.63, 3.8) is 0 Å². The van der Waals surface area contributed by atoms with Crippen molar-refractivity contribution in [2.45, 2.75) is 38.5 Å². The van der Waals surface area contributed by atoms with Gasteiger partial charge in [-0.2, -0.15) is 0 Å².